The number of ether oxygens (including phenoxy) is 1. The van der Waals surface area contributed by atoms with Crippen LogP contribution in [-0.4, -0.2) is 83.0 Å². The first-order chi connectivity index (χ1) is 13.2. The van der Waals surface area contributed by atoms with E-state index in [1.807, 2.05) is 30.2 Å². The van der Waals surface area contributed by atoms with Crippen LogP contribution in [0.1, 0.15) is 13.0 Å². The normalized spacial score (nSPS) is 19.2. The molecule has 0 spiro atoms. The number of hydrogen-bond acceptors (Lipinski definition) is 7. The summed E-state index contributed by atoms with van der Waals surface area (Å²) in [6, 6.07) is 3.59. The fourth-order valence-corrected chi connectivity index (χ4v) is 3.52. The van der Waals surface area contributed by atoms with E-state index < -0.39 is 0 Å². The minimum atomic E-state index is -0.279. The Morgan fingerprint density at radius 1 is 1.04 bits per heavy atom. The van der Waals surface area contributed by atoms with E-state index in [4.69, 9.17) is 4.74 Å². The zero-order valence-corrected chi connectivity index (χ0v) is 15.6. The van der Waals surface area contributed by atoms with Gasteiger partial charge in [-0.25, -0.2) is 9.97 Å². The molecular formula is C18H25N7O2. The zero-order chi connectivity index (χ0) is 18.6. The molecule has 27 heavy (non-hydrogen) atoms. The van der Waals surface area contributed by atoms with Gasteiger partial charge in [-0.2, -0.15) is 5.10 Å². The summed E-state index contributed by atoms with van der Waals surface area (Å²) in [5.74, 6) is 1.96. The minimum Gasteiger partial charge on any atom is -0.378 e. The number of carbonyl (C=O) groups excluding carboxylic acids is 1. The first kappa shape index (κ1) is 17.7. The third-order valence-corrected chi connectivity index (χ3v) is 5.17. The van der Waals surface area contributed by atoms with Gasteiger partial charge in [-0.05, 0) is 13.0 Å². The molecule has 2 saturated heterocycles. The third-order valence-electron chi connectivity index (χ3n) is 5.17. The second-order valence-corrected chi connectivity index (χ2v) is 6.81. The van der Waals surface area contributed by atoms with Crippen molar-refractivity contribution in [1.29, 1.82) is 0 Å². The van der Waals surface area contributed by atoms with Crippen molar-refractivity contribution in [1.82, 2.24) is 24.6 Å². The molecule has 0 radical (unpaired) electrons. The van der Waals surface area contributed by atoms with E-state index in [1.165, 1.54) is 0 Å². The van der Waals surface area contributed by atoms with E-state index in [0.29, 0.717) is 13.1 Å². The molecular weight excluding hydrogens is 346 g/mol. The fourth-order valence-electron chi connectivity index (χ4n) is 3.52. The maximum atomic E-state index is 12.7. The highest BCUT2D eigenvalue weighted by Gasteiger charge is 2.27. The Hall–Kier alpha value is -2.68. The Labute approximate surface area is 158 Å². The molecule has 9 nitrogen and oxygen atoms in total. The SMILES string of the molecule is CC(C(=O)N1CCN(c2cc(N3CCOCC3)ncn2)CC1)n1cccn1. The summed E-state index contributed by atoms with van der Waals surface area (Å²) in [4.78, 5) is 27.9. The van der Waals surface area contributed by atoms with Crippen LogP contribution in [0, 0.1) is 0 Å². The summed E-state index contributed by atoms with van der Waals surface area (Å²) in [6.07, 6.45) is 5.15. The molecule has 0 aliphatic carbocycles. The van der Waals surface area contributed by atoms with Crippen molar-refractivity contribution >= 4 is 17.5 Å². The second kappa shape index (κ2) is 7.91. The van der Waals surface area contributed by atoms with Crippen molar-refractivity contribution in [3.05, 3.63) is 30.9 Å². The fraction of sp³-hybridized carbons (Fsp3) is 0.556. The topological polar surface area (TPSA) is 79.6 Å². The average molecular weight is 371 g/mol. The smallest absolute Gasteiger partial charge is 0.247 e. The zero-order valence-electron chi connectivity index (χ0n) is 15.6. The van der Waals surface area contributed by atoms with E-state index in [-0.39, 0.29) is 11.9 Å². The van der Waals surface area contributed by atoms with E-state index in [1.54, 1.807) is 17.2 Å². The Morgan fingerprint density at radius 3 is 2.33 bits per heavy atom. The Morgan fingerprint density at radius 2 is 1.70 bits per heavy atom. The average Bonchev–Trinajstić information content (AvgIpc) is 3.28. The molecule has 4 heterocycles. The summed E-state index contributed by atoms with van der Waals surface area (Å²) in [5.41, 5.74) is 0. The summed E-state index contributed by atoms with van der Waals surface area (Å²) in [7, 11) is 0. The first-order valence-electron chi connectivity index (χ1n) is 9.40. The van der Waals surface area contributed by atoms with Gasteiger partial charge in [-0.15, -0.1) is 0 Å². The van der Waals surface area contributed by atoms with Crippen molar-refractivity contribution in [3.63, 3.8) is 0 Å². The summed E-state index contributed by atoms with van der Waals surface area (Å²) in [6.45, 7) is 7.94. The highest BCUT2D eigenvalue weighted by Crippen LogP contribution is 2.20. The molecule has 0 N–H and O–H groups in total. The van der Waals surface area contributed by atoms with Gasteiger partial charge in [0, 0.05) is 57.7 Å². The maximum Gasteiger partial charge on any atom is 0.247 e. The van der Waals surface area contributed by atoms with Crippen LogP contribution in [-0.2, 0) is 9.53 Å². The molecule has 0 bridgehead atoms. The van der Waals surface area contributed by atoms with Crippen LogP contribution in [0.4, 0.5) is 11.6 Å². The Balaban J connectivity index is 1.37. The molecule has 4 rings (SSSR count). The van der Waals surface area contributed by atoms with Gasteiger partial charge in [-0.1, -0.05) is 0 Å². The predicted octanol–water partition coefficient (Wildman–Crippen LogP) is 0.420. The van der Waals surface area contributed by atoms with E-state index in [2.05, 4.69) is 24.9 Å². The lowest BCUT2D eigenvalue weighted by molar-refractivity contribution is -0.134. The Kier molecular flexibility index (Phi) is 5.19. The largest absolute Gasteiger partial charge is 0.378 e. The van der Waals surface area contributed by atoms with Crippen molar-refractivity contribution in [2.75, 3.05) is 62.3 Å². The number of piperazine rings is 1. The van der Waals surface area contributed by atoms with Crippen molar-refractivity contribution in [3.8, 4) is 0 Å². The number of amides is 1. The highest BCUT2D eigenvalue weighted by atomic mass is 16.5. The van der Waals surface area contributed by atoms with Gasteiger partial charge in [-0.3, -0.25) is 9.48 Å². The molecule has 1 unspecified atom stereocenters. The van der Waals surface area contributed by atoms with Gasteiger partial charge in [0.15, 0.2) is 0 Å². The van der Waals surface area contributed by atoms with Crippen molar-refractivity contribution in [2.24, 2.45) is 0 Å². The highest BCUT2D eigenvalue weighted by molar-refractivity contribution is 5.80. The van der Waals surface area contributed by atoms with Gasteiger partial charge >= 0.3 is 0 Å². The van der Waals surface area contributed by atoms with Crippen LogP contribution in [0.25, 0.3) is 0 Å². The molecule has 2 aliphatic heterocycles. The number of nitrogens with zero attached hydrogens (tertiary/aromatic N) is 7. The molecule has 1 atom stereocenters. The molecule has 0 aromatic carbocycles. The van der Waals surface area contributed by atoms with E-state index in [0.717, 1.165) is 51.0 Å². The predicted molar refractivity (Wildman–Crippen MR) is 101 cm³/mol. The van der Waals surface area contributed by atoms with E-state index >= 15 is 0 Å². The molecule has 144 valence electrons. The van der Waals surface area contributed by atoms with Gasteiger partial charge in [0.05, 0.1) is 13.2 Å². The third kappa shape index (κ3) is 3.87. The summed E-state index contributed by atoms with van der Waals surface area (Å²) in [5, 5.41) is 4.18. The number of rotatable bonds is 4. The number of carbonyl (C=O) groups is 1. The summed E-state index contributed by atoms with van der Waals surface area (Å²) >= 11 is 0. The first-order valence-corrected chi connectivity index (χ1v) is 9.40. The standard InChI is InChI=1S/C18H25N7O2/c1-15(25-4-2-3-21-25)18(26)24-7-5-22(6-8-24)16-13-17(20-14-19-16)23-9-11-27-12-10-23/h2-4,13-15H,5-12H2,1H3. The van der Waals surface area contributed by atoms with Crippen LogP contribution in [0.5, 0.6) is 0 Å². The van der Waals surface area contributed by atoms with Gasteiger partial charge in [0.2, 0.25) is 5.91 Å². The quantitative estimate of drug-likeness (QED) is 0.771. The lowest BCUT2D eigenvalue weighted by Gasteiger charge is -2.37. The van der Waals surface area contributed by atoms with Gasteiger partial charge < -0.3 is 19.4 Å². The molecule has 2 aromatic rings. The van der Waals surface area contributed by atoms with Gasteiger partial charge in [0.25, 0.3) is 0 Å². The summed E-state index contributed by atoms with van der Waals surface area (Å²) < 4.78 is 7.11. The maximum absolute atomic E-state index is 12.7. The molecule has 2 fully saturated rings. The monoisotopic (exact) mass is 371 g/mol. The van der Waals surface area contributed by atoms with Crippen LogP contribution in [0.15, 0.2) is 30.9 Å². The van der Waals surface area contributed by atoms with Crippen LogP contribution >= 0.6 is 0 Å². The lowest BCUT2D eigenvalue weighted by Crippen LogP contribution is -2.50. The molecule has 9 heteroatoms. The van der Waals surface area contributed by atoms with Crippen LogP contribution in [0.2, 0.25) is 0 Å². The van der Waals surface area contributed by atoms with Crippen LogP contribution in [0.3, 0.4) is 0 Å². The molecule has 2 aromatic heterocycles. The lowest BCUT2D eigenvalue weighted by atomic mass is 10.2. The van der Waals surface area contributed by atoms with E-state index in [9.17, 15) is 4.79 Å². The molecule has 2 aliphatic rings. The second-order valence-electron chi connectivity index (χ2n) is 6.81. The van der Waals surface area contributed by atoms with Crippen LogP contribution < -0.4 is 9.80 Å². The molecule has 1 amide bonds. The number of hydrogen-bond donors (Lipinski definition) is 0. The molecule has 0 saturated carbocycles. The van der Waals surface area contributed by atoms with Gasteiger partial charge in [0.1, 0.15) is 24.0 Å². The number of morpholine rings is 1. The van der Waals surface area contributed by atoms with Crippen molar-refractivity contribution in [2.45, 2.75) is 13.0 Å². The number of anilines is 2. The Bertz CT molecular complexity index is 753. The minimum absolute atomic E-state index is 0.107. The van der Waals surface area contributed by atoms with Crippen molar-refractivity contribution < 1.29 is 9.53 Å². The number of aromatic nitrogens is 4.